The van der Waals surface area contributed by atoms with Gasteiger partial charge in [-0.3, -0.25) is 0 Å². The second kappa shape index (κ2) is 7.26. The van der Waals surface area contributed by atoms with Gasteiger partial charge in [-0.25, -0.2) is 17.9 Å². The van der Waals surface area contributed by atoms with Crippen molar-refractivity contribution in [3.05, 3.63) is 17.6 Å². The fourth-order valence-electron chi connectivity index (χ4n) is 2.52. The number of nitrogens with one attached hydrogen (secondary N) is 2. The van der Waals surface area contributed by atoms with E-state index in [1.54, 1.807) is 6.92 Å². The van der Waals surface area contributed by atoms with Gasteiger partial charge in [0, 0.05) is 19.0 Å². The molecular weight excluding hydrogens is 308 g/mol. The smallest absolute Gasteiger partial charge is 0.373 e. The minimum absolute atomic E-state index is 0.0138. The molecule has 0 spiro atoms. The van der Waals surface area contributed by atoms with Crippen molar-refractivity contribution in [3.8, 4) is 0 Å². The summed E-state index contributed by atoms with van der Waals surface area (Å²) in [6.07, 6.45) is 2.23. The lowest BCUT2D eigenvalue weighted by Crippen LogP contribution is -2.27. The van der Waals surface area contributed by atoms with Gasteiger partial charge in [0.05, 0.1) is 7.11 Å². The van der Waals surface area contributed by atoms with Gasteiger partial charge in [0.1, 0.15) is 10.7 Å². The lowest BCUT2D eigenvalue weighted by Gasteiger charge is -2.09. The Hall–Kier alpha value is -1.38. The maximum atomic E-state index is 12.4. The zero-order chi connectivity index (χ0) is 16.2. The van der Waals surface area contributed by atoms with Gasteiger partial charge in [0.15, 0.2) is 0 Å². The number of ether oxygens (including phenoxy) is 1. The van der Waals surface area contributed by atoms with Crippen LogP contribution in [0, 0.1) is 5.92 Å². The Morgan fingerprint density at radius 1 is 1.55 bits per heavy atom. The molecule has 8 heteroatoms. The molecular formula is C14H22N2O5S. The number of rotatable bonds is 7. The molecule has 1 saturated heterocycles. The largest absolute Gasteiger partial charge is 0.463 e. The number of furan rings is 1. The Morgan fingerprint density at radius 2 is 2.32 bits per heavy atom. The van der Waals surface area contributed by atoms with Gasteiger partial charge in [-0.05, 0) is 31.8 Å². The van der Waals surface area contributed by atoms with Crippen molar-refractivity contribution < 1.29 is 22.4 Å². The molecule has 2 heterocycles. The van der Waals surface area contributed by atoms with Crippen molar-refractivity contribution in [2.75, 3.05) is 26.7 Å². The molecule has 1 aliphatic rings. The minimum atomic E-state index is -3.69. The van der Waals surface area contributed by atoms with Crippen LogP contribution in [0.5, 0.6) is 0 Å². The number of sulfonamides is 1. The summed E-state index contributed by atoms with van der Waals surface area (Å²) < 4.78 is 37.2. The van der Waals surface area contributed by atoms with E-state index in [2.05, 4.69) is 14.8 Å². The van der Waals surface area contributed by atoms with Crippen LogP contribution in [0.15, 0.2) is 15.4 Å². The number of carbonyl (C=O) groups is 1. The Labute approximate surface area is 130 Å². The van der Waals surface area contributed by atoms with Crippen LogP contribution in [0.25, 0.3) is 0 Å². The Kier molecular flexibility index (Phi) is 5.60. The van der Waals surface area contributed by atoms with Crippen molar-refractivity contribution in [1.82, 2.24) is 10.0 Å². The molecule has 1 atom stereocenters. The monoisotopic (exact) mass is 330 g/mol. The van der Waals surface area contributed by atoms with Crippen LogP contribution < -0.4 is 10.0 Å². The first-order chi connectivity index (χ1) is 10.5. The van der Waals surface area contributed by atoms with Crippen molar-refractivity contribution in [1.29, 1.82) is 0 Å². The summed E-state index contributed by atoms with van der Waals surface area (Å²) in [5.41, 5.74) is 0. The molecule has 0 radical (unpaired) electrons. The molecule has 2 N–H and O–H groups in total. The Morgan fingerprint density at radius 3 is 2.91 bits per heavy atom. The van der Waals surface area contributed by atoms with E-state index in [9.17, 15) is 13.2 Å². The molecule has 1 aromatic rings. The molecule has 0 aromatic carbocycles. The maximum absolute atomic E-state index is 12.4. The van der Waals surface area contributed by atoms with E-state index in [-0.39, 0.29) is 16.4 Å². The Bertz CT molecular complexity index is 617. The highest BCUT2D eigenvalue weighted by Gasteiger charge is 2.25. The van der Waals surface area contributed by atoms with Crippen LogP contribution in [-0.4, -0.2) is 41.1 Å². The molecule has 7 nitrogen and oxygen atoms in total. The van der Waals surface area contributed by atoms with Gasteiger partial charge in [0.2, 0.25) is 15.8 Å². The summed E-state index contributed by atoms with van der Waals surface area (Å²) in [6.45, 7) is 4.06. The molecule has 1 fully saturated rings. The summed E-state index contributed by atoms with van der Waals surface area (Å²) >= 11 is 0. The first-order valence-corrected chi connectivity index (χ1v) is 8.87. The minimum Gasteiger partial charge on any atom is -0.463 e. The average Bonchev–Trinajstić information content (AvgIpc) is 3.15. The number of methoxy groups -OCH3 is 1. The number of hydrogen-bond donors (Lipinski definition) is 2. The van der Waals surface area contributed by atoms with Crippen LogP contribution in [0.3, 0.4) is 0 Å². The predicted molar refractivity (Wildman–Crippen MR) is 80.2 cm³/mol. The molecule has 1 aromatic heterocycles. The summed E-state index contributed by atoms with van der Waals surface area (Å²) in [6, 6.07) is 1.23. The zero-order valence-corrected chi connectivity index (χ0v) is 13.7. The standard InChI is InChI=1S/C14H22N2O5S/c1-3-11-13(8-12(21-11)14(17)20-2)22(18,19)16-7-5-10-4-6-15-9-10/h8,10,15-16H,3-7,9H2,1-2H3. The molecule has 22 heavy (non-hydrogen) atoms. The van der Waals surface area contributed by atoms with E-state index in [1.165, 1.54) is 13.2 Å². The van der Waals surface area contributed by atoms with Gasteiger partial charge in [-0.15, -0.1) is 0 Å². The average molecular weight is 330 g/mol. The van der Waals surface area contributed by atoms with Crippen LogP contribution in [-0.2, 0) is 21.2 Å². The zero-order valence-electron chi connectivity index (χ0n) is 12.8. The van der Waals surface area contributed by atoms with Crippen LogP contribution >= 0.6 is 0 Å². The molecule has 1 aliphatic heterocycles. The van der Waals surface area contributed by atoms with Crippen LogP contribution in [0.2, 0.25) is 0 Å². The normalized spacial score (nSPS) is 18.5. The van der Waals surface area contributed by atoms with E-state index >= 15 is 0 Å². The molecule has 0 saturated carbocycles. The van der Waals surface area contributed by atoms with Crippen molar-refractivity contribution in [3.63, 3.8) is 0 Å². The fourth-order valence-corrected chi connectivity index (χ4v) is 3.81. The fraction of sp³-hybridized carbons (Fsp3) is 0.643. The molecule has 0 amide bonds. The quantitative estimate of drug-likeness (QED) is 0.721. The molecule has 124 valence electrons. The van der Waals surface area contributed by atoms with Crippen molar-refractivity contribution in [2.24, 2.45) is 5.92 Å². The van der Waals surface area contributed by atoms with E-state index in [0.29, 0.717) is 18.9 Å². The van der Waals surface area contributed by atoms with E-state index in [1.807, 2.05) is 0 Å². The van der Waals surface area contributed by atoms with E-state index < -0.39 is 16.0 Å². The second-order valence-corrected chi connectivity index (χ2v) is 7.02. The summed E-state index contributed by atoms with van der Waals surface area (Å²) in [5, 5.41) is 3.25. The SMILES string of the molecule is CCc1oc(C(=O)OC)cc1S(=O)(=O)NCCC1CCNC1. The lowest BCUT2D eigenvalue weighted by molar-refractivity contribution is 0.0563. The van der Waals surface area contributed by atoms with Crippen LogP contribution in [0.1, 0.15) is 36.1 Å². The topological polar surface area (TPSA) is 97.6 Å². The third-order valence-corrected chi connectivity index (χ3v) is 5.28. The van der Waals surface area contributed by atoms with Crippen molar-refractivity contribution in [2.45, 2.75) is 31.1 Å². The van der Waals surface area contributed by atoms with Gasteiger partial charge in [-0.1, -0.05) is 6.92 Å². The number of carbonyl (C=O) groups excluding carboxylic acids is 1. The predicted octanol–water partition coefficient (Wildman–Crippen LogP) is 0.907. The lowest BCUT2D eigenvalue weighted by atomic mass is 10.1. The summed E-state index contributed by atoms with van der Waals surface area (Å²) in [4.78, 5) is 11.5. The van der Waals surface area contributed by atoms with E-state index in [0.717, 1.165) is 25.9 Å². The first kappa shape index (κ1) is 17.0. The molecule has 0 bridgehead atoms. The molecule has 0 aliphatic carbocycles. The molecule has 2 rings (SSSR count). The second-order valence-electron chi connectivity index (χ2n) is 5.29. The van der Waals surface area contributed by atoms with Gasteiger partial charge < -0.3 is 14.5 Å². The van der Waals surface area contributed by atoms with Gasteiger partial charge in [-0.2, -0.15) is 0 Å². The summed E-state index contributed by atoms with van der Waals surface area (Å²) in [5.74, 6) is -0.0216. The number of hydrogen-bond acceptors (Lipinski definition) is 6. The van der Waals surface area contributed by atoms with Crippen molar-refractivity contribution >= 4 is 16.0 Å². The van der Waals surface area contributed by atoms with E-state index in [4.69, 9.17) is 4.42 Å². The van der Waals surface area contributed by atoms with Gasteiger partial charge in [0.25, 0.3) is 0 Å². The third kappa shape index (κ3) is 3.88. The highest BCUT2D eigenvalue weighted by atomic mass is 32.2. The highest BCUT2D eigenvalue weighted by molar-refractivity contribution is 7.89. The van der Waals surface area contributed by atoms with Crippen LogP contribution in [0.4, 0.5) is 0 Å². The molecule has 1 unspecified atom stereocenters. The Balaban J connectivity index is 2.07. The summed E-state index contributed by atoms with van der Waals surface area (Å²) in [7, 11) is -2.47. The number of esters is 1. The third-order valence-electron chi connectivity index (χ3n) is 3.77. The first-order valence-electron chi connectivity index (χ1n) is 7.39. The van der Waals surface area contributed by atoms with Gasteiger partial charge >= 0.3 is 5.97 Å². The highest BCUT2D eigenvalue weighted by Crippen LogP contribution is 2.22. The number of aryl methyl sites for hydroxylation is 1. The maximum Gasteiger partial charge on any atom is 0.373 e.